The van der Waals surface area contributed by atoms with Gasteiger partial charge in [-0.3, -0.25) is 14.9 Å². The molecule has 2 aliphatic heterocycles. The van der Waals surface area contributed by atoms with E-state index in [4.69, 9.17) is 4.99 Å². The molecule has 1 fully saturated rings. The lowest BCUT2D eigenvalue weighted by Crippen LogP contribution is -2.45. The molecule has 0 saturated carbocycles. The molecule has 3 aromatic rings. The van der Waals surface area contributed by atoms with Gasteiger partial charge in [-0.1, -0.05) is 38.6 Å². The number of hydrogen-bond acceptors (Lipinski definition) is 5. The van der Waals surface area contributed by atoms with Gasteiger partial charge in [-0.25, -0.2) is 0 Å². The summed E-state index contributed by atoms with van der Waals surface area (Å²) in [6.07, 6.45) is 3.99. The Hall–Kier alpha value is -3.44. The van der Waals surface area contributed by atoms with Crippen LogP contribution >= 0.6 is 0 Å². The zero-order chi connectivity index (χ0) is 24.4. The highest BCUT2D eigenvalue weighted by molar-refractivity contribution is 6.08. The van der Waals surface area contributed by atoms with E-state index < -0.39 is 0 Å². The first-order chi connectivity index (χ1) is 17.1. The largest absolute Gasteiger partial charge is 0.369 e. The second-order valence-electron chi connectivity index (χ2n) is 9.44. The summed E-state index contributed by atoms with van der Waals surface area (Å²) < 4.78 is 0. The van der Waals surface area contributed by atoms with E-state index in [1.165, 1.54) is 24.1 Å². The maximum absolute atomic E-state index is 4.99. The zero-order valence-corrected chi connectivity index (χ0v) is 21.1. The van der Waals surface area contributed by atoms with Crippen LogP contribution in [0.2, 0.25) is 0 Å². The van der Waals surface area contributed by atoms with Crippen LogP contribution < -0.4 is 5.32 Å². The maximum atomic E-state index is 4.99. The number of anilines is 2. The van der Waals surface area contributed by atoms with Crippen molar-refractivity contribution < 1.29 is 0 Å². The molecule has 180 valence electrons. The Labute approximate surface area is 209 Å². The molecule has 0 unspecified atom stereocenters. The van der Waals surface area contributed by atoms with Crippen molar-refractivity contribution in [2.24, 2.45) is 4.99 Å². The van der Waals surface area contributed by atoms with E-state index >= 15 is 0 Å². The first-order valence-electron chi connectivity index (χ1n) is 12.8. The third-order valence-electron chi connectivity index (χ3n) is 7.13. The molecule has 0 aliphatic carbocycles. The van der Waals surface area contributed by atoms with Gasteiger partial charge < -0.3 is 10.2 Å². The van der Waals surface area contributed by atoms with Crippen molar-refractivity contribution in [2.75, 3.05) is 38.0 Å². The van der Waals surface area contributed by atoms with Gasteiger partial charge in [0, 0.05) is 66.3 Å². The lowest BCUT2D eigenvalue weighted by atomic mass is 9.98. The fourth-order valence-electron chi connectivity index (χ4n) is 5.14. The van der Waals surface area contributed by atoms with Crippen LogP contribution in [0, 0.1) is 0 Å². The number of aryl methyl sites for hydroxylation is 1. The predicted octanol–water partition coefficient (Wildman–Crippen LogP) is 6.51. The van der Waals surface area contributed by atoms with E-state index in [1.807, 2.05) is 12.3 Å². The molecular formula is C30H35N5. The topological polar surface area (TPSA) is 43.8 Å². The minimum absolute atomic E-state index is 0.907. The number of nitrogens with zero attached hydrogens (tertiary/aromatic N) is 4. The van der Waals surface area contributed by atoms with Gasteiger partial charge in [0.05, 0.1) is 11.4 Å². The minimum atomic E-state index is 0.907. The third-order valence-corrected chi connectivity index (χ3v) is 7.13. The SMILES string of the molecule is C=C(c1ccc2c(c1)Nc1ccc(-c3cccnc3CC)cc1C(C)=N2)N1CCN(CCC)CC1. The molecule has 1 aromatic heterocycles. The van der Waals surface area contributed by atoms with E-state index in [0.717, 1.165) is 77.9 Å². The Morgan fingerprint density at radius 1 is 0.971 bits per heavy atom. The van der Waals surface area contributed by atoms with Crippen LogP contribution in [0.25, 0.3) is 16.8 Å². The predicted molar refractivity (Wildman–Crippen MR) is 148 cm³/mol. The van der Waals surface area contributed by atoms with Crippen molar-refractivity contribution in [3.63, 3.8) is 0 Å². The third kappa shape index (κ3) is 4.73. The lowest BCUT2D eigenvalue weighted by molar-refractivity contribution is 0.176. The monoisotopic (exact) mass is 465 g/mol. The summed E-state index contributed by atoms with van der Waals surface area (Å²) in [6.45, 7) is 16.4. The summed E-state index contributed by atoms with van der Waals surface area (Å²) in [7, 11) is 0. The van der Waals surface area contributed by atoms with Crippen LogP contribution in [-0.4, -0.2) is 53.2 Å². The molecule has 2 aliphatic rings. The Balaban J connectivity index is 1.41. The van der Waals surface area contributed by atoms with Gasteiger partial charge in [0.15, 0.2) is 0 Å². The number of rotatable bonds is 6. The zero-order valence-electron chi connectivity index (χ0n) is 21.1. The minimum Gasteiger partial charge on any atom is -0.369 e. The highest BCUT2D eigenvalue weighted by Crippen LogP contribution is 2.38. The molecule has 0 atom stereocenters. The summed E-state index contributed by atoms with van der Waals surface area (Å²) in [6, 6.07) is 17.2. The molecule has 35 heavy (non-hydrogen) atoms. The van der Waals surface area contributed by atoms with Crippen molar-refractivity contribution in [1.29, 1.82) is 0 Å². The van der Waals surface area contributed by atoms with Crippen molar-refractivity contribution in [1.82, 2.24) is 14.8 Å². The van der Waals surface area contributed by atoms with Crippen LogP contribution in [0.1, 0.15) is 44.0 Å². The van der Waals surface area contributed by atoms with Gasteiger partial charge in [0.2, 0.25) is 0 Å². The van der Waals surface area contributed by atoms with Crippen LogP contribution in [0.3, 0.4) is 0 Å². The number of pyridine rings is 1. The highest BCUT2D eigenvalue weighted by Gasteiger charge is 2.20. The van der Waals surface area contributed by atoms with Gasteiger partial charge in [-0.2, -0.15) is 0 Å². The molecule has 5 rings (SSSR count). The van der Waals surface area contributed by atoms with Crippen LogP contribution in [0.4, 0.5) is 17.1 Å². The summed E-state index contributed by atoms with van der Waals surface area (Å²) >= 11 is 0. The first-order valence-corrected chi connectivity index (χ1v) is 12.8. The number of benzene rings is 2. The summed E-state index contributed by atoms with van der Waals surface area (Å²) in [5, 5.41) is 3.66. The van der Waals surface area contributed by atoms with Crippen molar-refractivity contribution in [3.8, 4) is 11.1 Å². The molecule has 0 amide bonds. The molecular weight excluding hydrogens is 430 g/mol. The highest BCUT2D eigenvalue weighted by atomic mass is 15.3. The van der Waals surface area contributed by atoms with E-state index in [2.05, 4.69) is 89.9 Å². The maximum Gasteiger partial charge on any atom is 0.0868 e. The van der Waals surface area contributed by atoms with E-state index in [1.54, 1.807) is 0 Å². The average Bonchev–Trinajstić information content (AvgIpc) is 3.03. The number of aromatic nitrogens is 1. The van der Waals surface area contributed by atoms with Gasteiger partial charge in [-0.05, 0) is 67.8 Å². The molecule has 0 radical (unpaired) electrons. The number of piperazine rings is 1. The Kier molecular flexibility index (Phi) is 6.69. The molecule has 2 aromatic carbocycles. The summed E-state index contributed by atoms with van der Waals surface area (Å²) in [4.78, 5) is 14.5. The fraction of sp³-hybridized carbons (Fsp3) is 0.333. The Morgan fingerprint density at radius 2 is 1.80 bits per heavy atom. The van der Waals surface area contributed by atoms with Gasteiger partial charge in [0.1, 0.15) is 0 Å². The molecule has 3 heterocycles. The average molecular weight is 466 g/mol. The second kappa shape index (κ2) is 10.0. The summed E-state index contributed by atoms with van der Waals surface area (Å²) in [5.74, 6) is 0. The van der Waals surface area contributed by atoms with Gasteiger partial charge in [-0.15, -0.1) is 0 Å². The number of nitrogens with one attached hydrogen (secondary N) is 1. The first kappa shape index (κ1) is 23.3. The molecule has 1 N–H and O–H groups in total. The van der Waals surface area contributed by atoms with Crippen LogP contribution in [0.15, 0.2) is 66.3 Å². The lowest BCUT2D eigenvalue weighted by Gasteiger charge is -2.37. The van der Waals surface area contributed by atoms with Crippen molar-refractivity contribution in [3.05, 3.63) is 78.1 Å². The molecule has 5 nitrogen and oxygen atoms in total. The van der Waals surface area contributed by atoms with Gasteiger partial charge in [0.25, 0.3) is 0 Å². The standard InChI is InChI=1S/C30H35N5/c1-5-14-34-15-17-35(18-16-34)22(4)23-9-12-29-30(20-23)33-28-11-10-24(19-26(28)21(3)32-29)25-8-7-13-31-27(25)6-2/h7-13,19-20,33H,4-6,14-18H2,1-3H3. The van der Waals surface area contributed by atoms with Gasteiger partial charge >= 0.3 is 0 Å². The number of fused-ring (bicyclic) bond motifs is 2. The van der Waals surface area contributed by atoms with Crippen LogP contribution in [0.5, 0.6) is 0 Å². The summed E-state index contributed by atoms with van der Waals surface area (Å²) in [5.41, 5.74) is 10.9. The quantitative estimate of drug-likeness (QED) is 0.451. The van der Waals surface area contributed by atoms with Crippen molar-refractivity contribution in [2.45, 2.75) is 33.6 Å². The second-order valence-corrected chi connectivity index (χ2v) is 9.44. The number of hydrogen-bond donors (Lipinski definition) is 1. The number of aliphatic imine (C=N–C) groups is 1. The smallest absolute Gasteiger partial charge is 0.0868 e. The molecule has 1 saturated heterocycles. The Bertz CT molecular complexity index is 1270. The van der Waals surface area contributed by atoms with Crippen molar-refractivity contribution >= 4 is 28.5 Å². The van der Waals surface area contributed by atoms with E-state index in [9.17, 15) is 0 Å². The van der Waals surface area contributed by atoms with E-state index in [0.29, 0.717) is 0 Å². The molecule has 5 heteroatoms. The van der Waals surface area contributed by atoms with E-state index in [-0.39, 0.29) is 0 Å². The van der Waals surface area contributed by atoms with Crippen LogP contribution in [-0.2, 0) is 6.42 Å². The normalized spacial score (nSPS) is 15.5. The Morgan fingerprint density at radius 3 is 2.57 bits per heavy atom. The fourth-order valence-corrected chi connectivity index (χ4v) is 5.14. The molecule has 0 spiro atoms. The molecule has 0 bridgehead atoms.